The monoisotopic (exact) mass is 641 g/mol. The van der Waals surface area contributed by atoms with Crippen LogP contribution in [0.2, 0.25) is 0 Å². The van der Waals surface area contributed by atoms with Crippen LogP contribution in [0.25, 0.3) is 76.9 Å². The van der Waals surface area contributed by atoms with E-state index in [1.807, 2.05) is 47.4 Å². The lowest BCUT2D eigenvalue weighted by Crippen LogP contribution is -2.10. The van der Waals surface area contributed by atoms with Crippen LogP contribution in [0.4, 0.5) is 17.1 Å². The van der Waals surface area contributed by atoms with Gasteiger partial charge in [0.05, 0.1) is 30.3 Å². The van der Waals surface area contributed by atoms with E-state index in [0.29, 0.717) is 33.7 Å². The number of benzene rings is 8. The minimum absolute atomic E-state index is 0.0111. The van der Waals surface area contributed by atoms with Crippen LogP contribution in [-0.2, 0) is 0 Å². The van der Waals surface area contributed by atoms with Crippen molar-refractivity contribution in [1.82, 2.24) is 0 Å². The van der Waals surface area contributed by atoms with Crippen LogP contribution < -0.4 is 4.90 Å². The van der Waals surface area contributed by atoms with Crippen LogP contribution in [-0.4, -0.2) is 0 Å². The van der Waals surface area contributed by atoms with E-state index in [1.54, 1.807) is 48.5 Å². The molecule has 3 heteroatoms. The van der Waals surface area contributed by atoms with Crippen LogP contribution >= 0.6 is 0 Å². The fourth-order valence-corrected chi connectivity index (χ4v) is 6.42. The highest BCUT2D eigenvalue weighted by Gasteiger charge is 2.20. The van der Waals surface area contributed by atoms with Crippen molar-refractivity contribution in [3.8, 4) is 22.3 Å². The standard InChI is InChI=1S/C46H29NO2/c1-2-9-30(10-3-1)31-19-24-35(25-20-31)47(40-13-8-16-43-46(40)38-12-5-7-15-42(38)48-43)36-26-21-32(22-27-36)34-18-17-33-23-28-44-45(39(33)29-34)37-11-4-6-14-41(37)49-44/h1-29H/i1D,2D,3D,4D,6D,9D,10D,11D,14D,17D,18D,23D,28D,29D. The zero-order chi connectivity index (χ0) is 44.5. The maximum Gasteiger partial charge on any atom is 0.137 e. The lowest BCUT2D eigenvalue weighted by molar-refractivity contribution is 0.668. The first-order valence-corrected chi connectivity index (χ1v) is 15.5. The summed E-state index contributed by atoms with van der Waals surface area (Å²) in [6.45, 7) is 0. The molecule has 0 atom stereocenters. The quantitative estimate of drug-likeness (QED) is 0.187. The number of hydrogen-bond acceptors (Lipinski definition) is 3. The first kappa shape index (κ1) is 17.0. The van der Waals surface area contributed by atoms with Gasteiger partial charge >= 0.3 is 0 Å². The summed E-state index contributed by atoms with van der Waals surface area (Å²) in [6, 6.07) is 21.0. The third kappa shape index (κ3) is 4.51. The molecule has 0 N–H and O–H groups in total. The molecule has 230 valence electrons. The fraction of sp³-hybridized carbons (Fsp3) is 0. The number of nitrogens with zero attached hydrogens (tertiary/aromatic N) is 1. The molecule has 0 amide bonds. The number of rotatable bonds is 5. The third-order valence-electron chi connectivity index (χ3n) is 8.65. The van der Waals surface area contributed by atoms with Gasteiger partial charge in [0.25, 0.3) is 0 Å². The van der Waals surface area contributed by atoms with E-state index in [2.05, 4.69) is 0 Å². The molecule has 3 nitrogen and oxygen atoms in total. The molecule has 0 aliphatic heterocycles. The number of para-hydroxylation sites is 2. The Labute approximate surface area is 302 Å². The number of fused-ring (bicyclic) bond motifs is 8. The molecule has 0 saturated heterocycles. The van der Waals surface area contributed by atoms with Crippen molar-refractivity contribution in [3.63, 3.8) is 0 Å². The second-order valence-corrected chi connectivity index (χ2v) is 11.4. The molecule has 2 heterocycles. The Hall–Kier alpha value is -6.58. The molecule has 49 heavy (non-hydrogen) atoms. The zero-order valence-corrected chi connectivity index (χ0v) is 25.4. The van der Waals surface area contributed by atoms with Crippen molar-refractivity contribution < 1.29 is 28.0 Å². The van der Waals surface area contributed by atoms with Gasteiger partial charge in [-0.25, -0.2) is 0 Å². The van der Waals surface area contributed by atoms with Crippen molar-refractivity contribution in [2.45, 2.75) is 0 Å². The molecular formula is C46H29NO2. The average molecular weight is 642 g/mol. The average Bonchev–Trinajstić information content (AvgIpc) is 3.88. The summed E-state index contributed by atoms with van der Waals surface area (Å²) in [5, 5.41) is 1.32. The summed E-state index contributed by atoms with van der Waals surface area (Å²) in [6.07, 6.45) is 0. The van der Waals surface area contributed by atoms with Crippen LogP contribution in [0.1, 0.15) is 19.2 Å². The van der Waals surface area contributed by atoms with Gasteiger partial charge in [0.2, 0.25) is 0 Å². The Morgan fingerprint density at radius 2 is 1.08 bits per heavy atom. The highest BCUT2D eigenvalue weighted by Crippen LogP contribution is 2.44. The minimum atomic E-state index is -0.553. The molecular weight excluding hydrogens is 599 g/mol. The van der Waals surface area contributed by atoms with Gasteiger partial charge in [-0.3, -0.25) is 0 Å². The van der Waals surface area contributed by atoms with E-state index in [9.17, 15) is 1.37 Å². The molecule has 10 aromatic rings. The normalized spacial score (nSPS) is 15.7. The fourth-order valence-electron chi connectivity index (χ4n) is 6.42. The molecule has 8 aromatic carbocycles. The summed E-state index contributed by atoms with van der Waals surface area (Å²) in [5.41, 5.74) is 3.63. The van der Waals surface area contributed by atoms with E-state index in [-0.39, 0.29) is 68.0 Å². The van der Waals surface area contributed by atoms with Crippen LogP contribution in [0.15, 0.2) is 184 Å². The first-order valence-electron chi connectivity index (χ1n) is 22.5. The van der Waals surface area contributed by atoms with Gasteiger partial charge in [-0.1, -0.05) is 115 Å². The Morgan fingerprint density at radius 1 is 0.408 bits per heavy atom. The molecule has 0 radical (unpaired) electrons. The Morgan fingerprint density at radius 3 is 1.90 bits per heavy atom. The van der Waals surface area contributed by atoms with Crippen molar-refractivity contribution in [1.29, 1.82) is 0 Å². The summed E-state index contributed by atoms with van der Waals surface area (Å²) in [7, 11) is 0. The van der Waals surface area contributed by atoms with E-state index >= 15 is 0 Å². The van der Waals surface area contributed by atoms with Gasteiger partial charge in [-0.15, -0.1) is 0 Å². The van der Waals surface area contributed by atoms with Gasteiger partial charge in [-0.2, -0.15) is 0 Å². The van der Waals surface area contributed by atoms with Crippen molar-refractivity contribution in [2.24, 2.45) is 0 Å². The smallest absolute Gasteiger partial charge is 0.137 e. The van der Waals surface area contributed by atoms with E-state index in [0.717, 1.165) is 16.5 Å². The van der Waals surface area contributed by atoms with Crippen LogP contribution in [0.3, 0.4) is 0 Å². The number of anilines is 3. The molecule has 10 rings (SSSR count). The Kier molecular flexibility index (Phi) is 3.82. The molecule has 0 unspecified atom stereocenters. The van der Waals surface area contributed by atoms with Gasteiger partial charge in [0.15, 0.2) is 0 Å². The number of hydrogen-bond donors (Lipinski definition) is 0. The first-order chi connectivity index (χ1) is 30.1. The van der Waals surface area contributed by atoms with Gasteiger partial charge in [-0.05, 0) is 93.6 Å². The SMILES string of the molecule is [2H]c1c([2H])c([2H])c(-c2ccc(N(c3ccc(-c4c([2H])c([2H])c5c([2H])c([2H])c6oc7c([2H])c([2H])c([2H])c([2H])c7c6c5c4[2H])cc3)c3cccc4oc5ccccc5c34)cc2)c([2H])c1[2H]. The Bertz CT molecular complexity index is 3590. The number of furan rings is 2. The largest absolute Gasteiger partial charge is 0.456 e. The second kappa shape index (κ2) is 11.0. The third-order valence-corrected chi connectivity index (χ3v) is 8.65. The van der Waals surface area contributed by atoms with E-state index < -0.39 is 60.4 Å². The summed E-state index contributed by atoms with van der Waals surface area (Å²) in [4.78, 5) is 1.95. The summed E-state index contributed by atoms with van der Waals surface area (Å²) >= 11 is 0. The van der Waals surface area contributed by atoms with Crippen LogP contribution in [0, 0.1) is 0 Å². The van der Waals surface area contributed by atoms with Crippen LogP contribution in [0.5, 0.6) is 0 Å². The predicted molar refractivity (Wildman–Crippen MR) is 204 cm³/mol. The molecule has 2 aromatic heterocycles. The molecule has 0 saturated carbocycles. The zero-order valence-electron chi connectivity index (χ0n) is 39.4. The van der Waals surface area contributed by atoms with Crippen molar-refractivity contribution >= 4 is 71.7 Å². The maximum atomic E-state index is 9.55. The highest BCUT2D eigenvalue weighted by molar-refractivity contribution is 6.19. The minimum Gasteiger partial charge on any atom is -0.456 e. The summed E-state index contributed by atoms with van der Waals surface area (Å²) in [5.74, 6) is 0. The maximum absolute atomic E-state index is 9.55. The van der Waals surface area contributed by atoms with Gasteiger partial charge in [0.1, 0.15) is 22.3 Å². The highest BCUT2D eigenvalue weighted by atomic mass is 16.3. The second-order valence-electron chi connectivity index (χ2n) is 11.4. The lowest BCUT2D eigenvalue weighted by atomic mass is 9.97. The van der Waals surface area contributed by atoms with Gasteiger partial charge < -0.3 is 13.7 Å². The molecule has 0 aliphatic carbocycles. The topological polar surface area (TPSA) is 29.5 Å². The van der Waals surface area contributed by atoms with E-state index in [1.165, 1.54) is 0 Å². The predicted octanol–water partition coefficient (Wildman–Crippen LogP) is 13.4. The summed E-state index contributed by atoms with van der Waals surface area (Å²) < 4.78 is 133. The van der Waals surface area contributed by atoms with Crippen molar-refractivity contribution in [2.75, 3.05) is 4.90 Å². The van der Waals surface area contributed by atoms with E-state index in [4.69, 9.17) is 26.7 Å². The lowest BCUT2D eigenvalue weighted by Gasteiger charge is -2.26. The molecule has 0 spiro atoms. The Balaban J connectivity index is 1.18. The molecule has 0 bridgehead atoms. The molecule has 0 aliphatic rings. The molecule has 0 fully saturated rings. The van der Waals surface area contributed by atoms with Crippen molar-refractivity contribution in [3.05, 3.63) is 176 Å². The van der Waals surface area contributed by atoms with Gasteiger partial charge in [0, 0.05) is 27.5 Å².